The molecule has 1 fully saturated rings. The molecule has 1 saturated carbocycles. The van der Waals surface area contributed by atoms with E-state index in [1.807, 2.05) is 6.92 Å². The van der Waals surface area contributed by atoms with Crippen molar-refractivity contribution in [1.29, 1.82) is 0 Å². The van der Waals surface area contributed by atoms with Crippen LogP contribution in [0.2, 0.25) is 0 Å². The Morgan fingerprint density at radius 3 is 2.79 bits per heavy atom. The third-order valence-electron chi connectivity index (χ3n) is 5.69. The molecule has 2 aliphatic rings. The van der Waals surface area contributed by atoms with Gasteiger partial charge in [-0.3, -0.25) is 14.4 Å². The van der Waals surface area contributed by atoms with Crippen LogP contribution < -0.4 is 10.2 Å². The van der Waals surface area contributed by atoms with E-state index in [9.17, 15) is 14.4 Å². The van der Waals surface area contributed by atoms with Crippen LogP contribution in [0, 0.1) is 12.8 Å². The van der Waals surface area contributed by atoms with Crippen LogP contribution in [0.15, 0.2) is 29.0 Å². The lowest BCUT2D eigenvalue weighted by atomic mass is 10.0. The maximum atomic E-state index is 13.2. The predicted molar refractivity (Wildman–Crippen MR) is 107 cm³/mol. The van der Waals surface area contributed by atoms with Crippen molar-refractivity contribution in [3.8, 4) is 0 Å². The van der Waals surface area contributed by atoms with Crippen LogP contribution in [0.4, 0.5) is 5.69 Å². The number of nitrogens with one attached hydrogen (secondary N) is 1. The van der Waals surface area contributed by atoms with Crippen LogP contribution in [0.5, 0.6) is 0 Å². The Labute approximate surface area is 169 Å². The highest BCUT2D eigenvalue weighted by atomic mass is 16.5. The lowest BCUT2D eigenvalue weighted by Gasteiger charge is -2.28. The van der Waals surface area contributed by atoms with Gasteiger partial charge in [0.25, 0.3) is 11.8 Å². The lowest BCUT2D eigenvalue weighted by molar-refractivity contribution is -0.118. The quantitative estimate of drug-likeness (QED) is 0.840. The Hall–Kier alpha value is -2.96. The van der Waals surface area contributed by atoms with Crippen LogP contribution in [-0.4, -0.2) is 35.3 Å². The first-order valence-corrected chi connectivity index (χ1v) is 10.1. The number of fused-ring (bicyclic) bond motifs is 1. The number of hydrogen-bond donors (Lipinski definition) is 1. The second-order valence-corrected chi connectivity index (χ2v) is 8.09. The number of carbonyl (C=O) groups excluding carboxylic acids is 3. The smallest absolute Gasteiger partial charge is 0.263 e. The largest absolute Gasteiger partial charge is 0.364 e. The zero-order valence-electron chi connectivity index (χ0n) is 16.7. The summed E-state index contributed by atoms with van der Waals surface area (Å²) < 4.78 is 4.92. The molecule has 2 amide bonds. The summed E-state index contributed by atoms with van der Waals surface area (Å²) in [6, 6.07) is 4.91. The minimum Gasteiger partial charge on any atom is -0.364 e. The average molecular weight is 395 g/mol. The fraction of sp³-hybridized carbons (Fsp3) is 0.455. The van der Waals surface area contributed by atoms with Crippen molar-refractivity contribution in [2.24, 2.45) is 5.92 Å². The minimum absolute atomic E-state index is 0.0439. The van der Waals surface area contributed by atoms with Crippen molar-refractivity contribution < 1.29 is 18.9 Å². The van der Waals surface area contributed by atoms with Crippen molar-refractivity contribution >= 4 is 23.3 Å². The molecule has 152 valence electrons. The highest BCUT2D eigenvalue weighted by Gasteiger charge is 2.32. The van der Waals surface area contributed by atoms with Crippen molar-refractivity contribution in [3.05, 3.63) is 46.8 Å². The summed E-state index contributed by atoms with van der Waals surface area (Å²) in [6.45, 7) is 4.22. The number of nitrogens with zero attached hydrogens (tertiary/aromatic N) is 2. The highest BCUT2D eigenvalue weighted by molar-refractivity contribution is 6.09. The standard InChI is InChI=1S/C22H25N3O4/c1-13-9-18(26)11-17-10-16(21(27)23-8-7-15-3-4-15)5-6-20(17)25(13)22(28)19-12-29-24-14(19)2/h5-6,10,12-13,15H,3-4,7-9,11H2,1-2H3,(H,23,27). The number of aromatic nitrogens is 1. The van der Waals surface area contributed by atoms with Crippen molar-refractivity contribution in [2.75, 3.05) is 11.4 Å². The molecule has 1 aliphatic heterocycles. The Kier molecular flexibility index (Phi) is 5.22. The van der Waals surface area contributed by atoms with E-state index in [0.717, 1.165) is 12.3 Å². The van der Waals surface area contributed by atoms with Gasteiger partial charge in [0.15, 0.2) is 0 Å². The number of amides is 2. The summed E-state index contributed by atoms with van der Waals surface area (Å²) in [4.78, 5) is 39.8. The number of anilines is 1. The molecule has 4 rings (SSSR count). The van der Waals surface area contributed by atoms with E-state index in [1.54, 1.807) is 30.0 Å². The van der Waals surface area contributed by atoms with Crippen molar-refractivity contribution in [1.82, 2.24) is 10.5 Å². The number of carbonyl (C=O) groups is 3. The van der Waals surface area contributed by atoms with E-state index in [4.69, 9.17) is 4.52 Å². The zero-order valence-corrected chi connectivity index (χ0v) is 16.7. The maximum absolute atomic E-state index is 13.2. The van der Waals surface area contributed by atoms with Crippen LogP contribution in [0.1, 0.15) is 64.6 Å². The zero-order chi connectivity index (χ0) is 20.5. The van der Waals surface area contributed by atoms with Gasteiger partial charge in [-0.25, -0.2) is 0 Å². The van der Waals surface area contributed by atoms with E-state index in [-0.39, 0.29) is 36.5 Å². The summed E-state index contributed by atoms with van der Waals surface area (Å²) in [5, 5.41) is 6.74. The Morgan fingerprint density at radius 2 is 2.10 bits per heavy atom. The fourth-order valence-electron chi connectivity index (χ4n) is 3.88. The molecule has 0 bridgehead atoms. The summed E-state index contributed by atoms with van der Waals surface area (Å²) in [6.07, 6.45) is 5.31. The number of rotatable bonds is 5. The minimum atomic E-state index is -0.302. The molecular weight excluding hydrogens is 370 g/mol. The molecule has 0 radical (unpaired) electrons. The van der Waals surface area contributed by atoms with Crippen LogP contribution in [0.3, 0.4) is 0 Å². The molecule has 7 heteroatoms. The molecular formula is C22H25N3O4. The van der Waals surface area contributed by atoms with Gasteiger partial charge in [-0.1, -0.05) is 18.0 Å². The maximum Gasteiger partial charge on any atom is 0.263 e. The van der Waals surface area contributed by atoms with Gasteiger partial charge in [-0.15, -0.1) is 0 Å². The molecule has 1 N–H and O–H groups in total. The van der Waals surface area contributed by atoms with Gasteiger partial charge >= 0.3 is 0 Å². The topological polar surface area (TPSA) is 92.5 Å². The second kappa shape index (κ2) is 7.81. The highest BCUT2D eigenvalue weighted by Crippen LogP contribution is 2.32. The number of aryl methyl sites for hydroxylation is 1. The van der Waals surface area contributed by atoms with Gasteiger partial charge in [0, 0.05) is 36.7 Å². The molecule has 7 nitrogen and oxygen atoms in total. The summed E-state index contributed by atoms with van der Waals surface area (Å²) >= 11 is 0. The van der Waals surface area contributed by atoms with Crippen molar-refractivity contribution in [3.63, 3.8) is 0 Å². The Bertz CT molecular complexity index is 961. The summed E-state index contributed by atoms with van der Waals surface area (Å²) in [7, 11) is 0. The van der Waals surface area contributed by atoms with Crippen LogP contribution >= 0.6 is 0 Å². The fourth-order valence-corrected chi connectivity index (χ4v) is 3.88. The van der Waals surface area contributed by atoms with E-state index in [2.05, 4.69) is 10.5 Å². The van der Waals surface area contributed by atoms with Gasteiger partial charge in [-0.05, 0) is 49.9 Å². The number of ketones is 1. The normalized spacial score (nSPS) is 18.9. The number of Topliss-reactive ketones (excluding diaryl/α,β-unsaturated/α-hetero) is 1. The molecule has 1 aromatic carbocycles. The Morgan fingerprint density at radius 1 is 1.31 bits per heavy atom. The molecule has 0 saturated heterocycles. The van der Waals surface area contributed by atoms with Crippen LogP contribution in [0.25, 0.3) is 0 Å². The van der Waals surface area contributed by atoms with E-state index < -0.39 is 0 Å². The summed E-state index contributed by atoms with van der Waals surface area (Å²) in [5.41, 5.74) is 2.74. The monoisotopic (exact) mass is 395 g/mol. The van der Waals surface area contributed by atoms with Gasteiger partial charge in [0.05, 0.1) is 5.69 Å². The molecule has 1 aliphatic carbocycles. The SMILES string of the molecule is Cc1nocc1C(=O)N1c2ccc(C(=O)NCCC3CC3)cc2CC(=O)CC1C. The average Bonchev–Trinajstić information content (AvgIpc) is 3.42. The first kappa shape index (κ1) is 19.4. The third kappa shape index (κ3) is 4.09. The molecule has 1 atom stereocenters. The van der Waals surface area contributed by atoms with E-state index in [1.165, 1.54) is 19.1 Å². The Balaban J connectivity index is 1.62. The van der Waals surface area contributed by atoms with E-state index in [0.29, 0.717) is 34.6 Å². The second-order valence-electron chi connectivity index (χ2n) is 8.09. The van der Waals surface area contributed by atoms with E-state index >= 15 is 0 Å². The van der Waals surface area contributed by atoms with Gasteiger partial charge in [-0.2, -0.15) is 0 Å². The molecule has 2 aromatic rings. The number of benzene rings is 1. The predicted octanol–water partition coefficient (Wildman–Crippen LogP) is 3.06. The third-order valence-corrected chi connectivity index (χ3v) is 5.69. The molecule has 1 aromatic heterocycles. The number of hydrogen-bond acceptors (Lipinski definition) is 5. The van der Waals surface area contributed by atoms with Crippen molar-refractivity contribution in [2.45, 2.75) is 52.0 Å². The molecule has 0 spiro atoms. The lowest BCUT2D eigenvalue weighted by Crippen LogP contribution is -2.39. The van der Waals surface area contributed by atoms with Gasteiger partial charge in [0.2, 0.25) is 0 Å². The first-order chi connectivity index (χ1) is 13.9. The molecule has 29 heavy (non-hydrogen) atoms. The first-order valence-electron chi connectivity index (χ1n) is 10.1. The molecule has 2 heterocycles. The van der Waals surface area contributed by atoms with Gasteiger partial charge < -0.3 is 14.7 Å². The van der Waals surface area contributed by atoms with Crippen LogP contribution in [-0.2, 0) is 11.2 Å². The molecule has 1 unspecified atom stereocenters. The van der Waals surface area contributed by atoms with Gasteiger partial charge in [0.1, 0.15) is 17.6 Å². The summed E-state index contributed by atoms with van der Waals surface area (Å²) in [5.74, 6) is 0.393.